The lowest BCUT2D eigenvalue weighted by atomic mass is 9.77. The number of nitrogens with zero attached hydrogens (tertiary/aromatic N) is 3. The van der Waals surface area contributed by atoms with E-state index in [-0.39, 0.29) is 11.9 Å². The van der Waals surface area contributed by atoms with Crippen LogP contribution in [0.1, 0.15) is 34.1 Å². The number of rotatable bonds is 2. The fourth-order valence-electron chi connectivity index (χ4n) is 4.85. The number of hydrogen-bond acceptors (Lipinski definition) is 4. The maximum Gasteiger partial charge on any atom is 0.264 e. The van der Waals surface area contributed by atoms with Crippen molar-refractivity contribution in [2.75, 3.05) is 13.1 Å². The molecule has 1 aromatic carbocycles. The van der Waals surface area contributed by atoms with Crippen molar-refractivity contribution in [1.82, 2.24) is 14.5 Å². The lowest BCUT2D eigenvalue weighted by Crippen LogP contribution is -2.36. The summed E-state index contributed by atoms with van der Waals surface area (Å²) in [5, 5.41) is 12.8. The van der Waals surface area contributed by atoms with Gasteiger partial charge in [0.25, 0.3) is 5.91 Å². The predicted octanol–water partition coefficient (Wildman–Crippen LogP) is 3.49. The van der Waals surface area contributed by atoms with E-state index in [9.17, 15) is 9.90 Å². The fraction of sp³-hybridized carbons (Fsp3) is 0.429. The second-order valence-electron chi connectivity index (χ2n) is 7.91. The van der Waals surface area contributed by atoms with Gasteiger partial charge in [-0.25, -0.2) is 4.98 Å². The number of aliphatic hydroxyl groups excluding tert-OH is 1. The summed E-state index contributed by atoms with van der Waals surface area (Å²) in [6.07, 6.45) is 3.09. The summed E-state index contributed by atoms with van der Waals surface area (Å²) in [6.45, 7) is 3.54. The van der Waals surface area contributed by atoms with Crippen molar-refractivity contribution in [2.45, 2.75) is 31.9 Å². The molecule has 0 spiro atoms. The first-order valence-corrected chi connectivity index (χ1v) is 10.4. The first-order chi connectivity index (χ1) is 13.1. The Kier molecular flexibility index (Phi) is 4.06. The number of carbonyl (C=O) groups excluding carboxylic acids is 1. The average Bonchev–Trinajstić information content (AvgIpc) is 3.38. The zero-order valence-electron chi connectivity index (χ0n) is 15.3. The van der Waals surface area contributed by atoms with E-state index < -0.39 is 6.10 Å². The van der Waals surface area contributed by atoms with Crippen LogP contribution >= 0.6 is 11.3 Å². The van der Waals surface area contributed by atoms with Gasteiger partial charge in [-0.15, -0.1) is 11.3 Å². The standard InChI is InChI=1S/C21H23N3O2S/c1-13-6-7-27-20(13)21(26)23-10-14-8-18(19(25)9-15(14)11-23)24-12-22-16-4-2-3-5-17(16)24/h2-7,12,14-15,18-19,25H,8-11H2,1H3/t14-,15+,18-,19-/m1/s1. The van der Waals surface area contributed by atoms with Crippen molar-refractivity contribution in [2.24, 2.45) is 11.8 Å². The number of para-hydroxylation sites is 2. The van der Waals surface area contributed by atoms with Gasteiger partial charge in [0, 0.05) is 13.1 Å². The van der Waals surface area contributed by atoms with Crippen LogP contribution in [0.3, 0.4) is 0 Å². The van der Waals surface area contributed by atoms with Crippen LogP contribution in [0, 0.1) is 18.8 Å². The number of benzene rings is 1. The predicted molar refractivity (Wildman–Crippen MR) is 106 cm³/mol. The largest absolute Gasteiger partial charge is 0.391 e. The number of hydrogen-bond donors (Lipinski definition) is 1. The van der Waals surface area contributed by atoms with Gasteiger partial charge in [0.05, 0.1) is 34.4 Å². The maximum absolute atomic E-state index is 12.9. The van der Waals surface area contributed by atoms with Crippen LogP contribution in [0.5, 0.6) is 0 Å². The molecular weight excluding hydrogens is 358 g/mol. The summed E-state index contributed by atoms with van der Waals surface area (Å²) < 4.78 is 2.13. The first-order valence-electron chi connectivity index (χ1n) is 9.55. The molecule has 4 atom stereocenters. The number of aryl methyl sites for hydroxylation is 1. The molecule has 2 fully saturated rings. The number of likely N-dealkylation sites (tertiary alicyclic amines) is 1. The van der Waals surface area contributed by atoms with Gasteiger partial charge in [-0.05, 0) is 60.7 Å². The highest BCUT2D eigenvalue weighted by molar-refractivity contribution is 7.12. The van der Waals surface area contributed by atoms with Crippen molar-refractivity contribution < 1.29 is 9.90 Å². The molecule has 1 saturated carbocycles. The minimum absolute atomic E-state index is 0.0252. The number of carbonyl (C=O) groups is 1. The average molecular weight is 382 g/mol. The van der Waals surface area contributed by atoms with Crippen LogP contribution in [0.25, 0.3) is 11.0 Å². The van der Waals surface area contributed by atoms with Gasteiger partial charge in [0.1, 0.15) is 0 Å². The molecular formula is C21H23N3O2S. The Morgan fingerprint density at radius 3 is 2.74 bits per heavy atom. The summed E-state index contributed by atoms with van der Waals surface area (Å²) in [5.74, 6) is 0.968. The molecule has 1 saturated heterocycles. The first kappa shape index (κ1) is 17.0. The van der Waals surface area contributed by atoms with Gasteiger partial charge in [0.2, 0.25) is 0 Å². The van der Waals surface area contributed by atoms with Crippen molar-refractivity contribution >= 4 is 28.3 Å². The molecule has 0 bridgehead atoms. The molecule has 2 aromatic heterocycles. The van der Waals surface area contributed by atoms with Gasteiger partial charge in [0.15, 0.2) is 0 Å². The Hall–Kier alpha value is -2.18. The van der Waals surface area contributed by atoms with Crippen LogP contribution in [-0.2, 0) is 0 Å². The van der Waals surface area contributed by atoms with E-state index in [0.29, 0.717) is 11.8 Å². The molecule has 27 heavy (non-hydrogen) atoms. The highest BCUT2D eigenvalue weighted by atomic mass is 32.1. The number of imidazole rings is 1. The molecule has 5 nitrogen and oxygen atoms in total. The molecule has 6 heteroatoms. The zero-order chi connectivity index (χ0) is 18.5. The van der Waals surface area contributed by atoms with Gasteiger partial charge >= 0.3 is 0 Å². The molecule has 5 rings (SSSR count). The Balaban J connectivity index is 1.38. The molecule has 3 aromatic rings. The van der Waals surface area contributed by atoms with E-state index in [1.807, 2.05) is 47.8 Å². The van der Waals surface area contributed by atoms with E-state index in [1.165, 1.54) is 11.3 Å². The molecule has 0 unspecified atom stereocenters. The summed E-state index contributed by atoms with van der Waals surface area (Å²) in [6, 6.07) is 10.1. The maximum atomic E-state index is 12.9. The molecule has 140 valence electrons. The van der Waals surface area contributed by atoms with Crippen LogP contribution in [-0.4, -0.2) is 44.7 Å². The Labute approximate surface area is 162 Å². The van der Waals surface area contributed by atoms with Crippen molar-refractivity contribution in [3.05, 3.63) is 52.5 Å². The lowest BCUT2D eigenvalue weighted by molar-refractivity contribution is 0.0374. The minimum atomic E-state index is -0.401. The minimum Gasteiger partial charge on any atom is -0.391 e. The van der Waals surface area contributed by atoms with Gasteiger partial charge in [-0.3, -0.25) is 4.79 Å². The number of aromatic nitrogens is 2. The quantitative estimate of drug-likeness (QED) is 0.739. The highest BCUT2D eigenvalue weighted by Gasteiger charge is 2.44. The Morgan fingerprint density at radius 1 is 1.19 bits per heavy atom. The zero-order valence-corrected chi connectivity index (χ0v) is 16.1. The molecule has 1 amide bonds. The van der Waals surface area contributed by atoms with Crippen LogP contribution < -0.4 is 0 Å². The fourth-order valence-corrected chi connectivity index (χ4v) is 5.74. The van der Waals surface area contributed by atoms with E-state index in [4.69, 9.17) is 0 Å². The third-order valence-electron chi connectivity index (χ3n) is 6.29. The van der Waals surface area contributed by atoms with E-state index >= 15 is 0 Å². The van der Waals surface area contributed by atoms with Crippen LogP contribution in [0.4, 0.5) is 0 Å². The number of thiophene rings is 1. The molecule has 1 N–H and O–H groups in total. The molecule has 3 heterocycles. The topological polar surface area (TPSA) is 58.4 Å². The smallest absolute Gasteiger partial charge is 0.264 e. The molecule has 1 aliphatic heterocycles. The summed E-state index contributed by atoms with van der Waals surface area (Å²) in [7, 11) is 0. The highest BCUT2D eigenvalue weighted by Crippen LogP contribution is 2.42. The normalized spacial score (nSPS) is 27.9. The molecule has 2 aliphatic rings. The lowest BCUT2D eigenvalue weighted by Gasteiger charge is -2.36. The van der Waals surface area contributed by atoms with Crippen molar-refractivity contribution in [1.29, 1.82) is 0 Å². The number of aliphatic hydroxyl groups is 1. The van der Waals surface area contributed by atoms with Gasteiger partial charge in [-0.1, -0.05) is 12.1 Å². The second-order valence-corrected chi connectivity index (χ2v) is 8.83. The third-order valence-corrected chi connectivity index (χ3v) is 7.30. The monoisotopic (exact) mass is 381 g/mol. The van der Waals surface area contributed by atoms with Gasteiger partial charge in [-0.2, -0.15) is 0 Å². The summed E-state index contributed by atoms with van der Waals surface area (Å²) >= 11 is 1.53. The van der Waals surface area contributed by atoms with Crippen molar-refractivity contribution in [3.8, 4) is 0 Å². The molecule has 1 aliphatic carbocycles. The summed E-state index contributed by atoms with van der Waals surface area (Å²) in [4.78, 5) is 20.2. The number of fused-ring (bicyclic) bond motifs is 2. The number of amides is 1. The second kappa shape index (κ2) is 6.46. The van der Waals surface area contributed by atoms with Crippen LogP contribution in [0.2, 0.25) is 0 Å². The Bertz CT molecular complexity index is 994. The SMILES string of the molecule is Cc1ccsc1C(=O)N1C[C@H]2C[C@@H](n3cnc4ccccc43)[C@H](O)C[C@H]2C1. The van der Waals surface area contributed by atoms with Gasteiger partial charge < -0.3 is 14.6 Å². The summed E-state index contributed by atoms with van der Waals surface area (Å²) in [5.41, 5.74) is 3.09. The molecule has 0 radical (unpaired) electrons. The van der Waals surface area contributed by atoms with E-state index in [2.05, 4.69) is 15.6 Å². The third kappa shape index (κ3) is 2.78. The van der Waals surface area contributed by atoms with E-state index in [1.54, 1.807) is 0 Å². The van der Waals surface area contributed by atoms with Crippen LogP contribution in [0.15, 0.2) is 42.0 Å². The Morgan fingerprint density at radius 2 is 1.96 bits per heavy atom. The van der Waals surface area contributed by atoms with E-state index in [0.717, 1.165) is 47.4 Å². The van der Waals surface area contributed by atoms with Crippen molar-refractivity contribution in [3.63, 3.8) is 0 Å².